The van der Waals surface area contributed by atoms with Gasteiger partial charge in [-0.15, -0.1) is 0 Å². The number of halogens is 1. The lowest BCUT2D eigenvalue weighted by molar-refractivity contribution is 0.0968. The molecule has 2 heterocycles. The molecule has 6 heteroatoms. The second-order valence-electron chi connectivity index (χ2n) is 7.83. The molecule has 5 rings (SSSR count). The van der Waals surface area contributed by atoms with Crippen molar-refractivity contribution in [1.82, 2.24) is 4.90 Å². The minimum atomic E-state index is -0.0632. The number of rotatable bonds is 5. The summed E-state index contributed by atoms with van der Waals surface area (Å²) in [5, 5.41) is 1.18. The van der Waals surface area contributed by atoms with Gasteiger partial charge >= 0.3 is 0 Å². The van der Waals surface area contributed by atoms with Gasteiger partial charge in [0.1, 0.15) is 30.1 Å². The molecule has 1 aromatic heterocycles. The van der Waals surface area contributed by atoms with Gasteiger partial charge in [-0.2, -0.15) is 0 Å². The van der Waals surface area contributed by atoms with Crippen molar-refractivity contribution in [3.63, 3.8) is 0 Å². The zero-order valence-electron chi connectivity index (χ0n) is 17.6. The van der Waals surface area contributed by atoms with Crippen LogP contribution in [0.25, 0.3) is 22.1 Å². The van der Waals surface area contributed by atoms with E-state index in [1.165, 1.54) is 11.8 Å². The van der Waals surface area contributed by atoms with E-state index >= 15 is 0 Å². The van der Waals surface area contributed by atoms with Crippen LogP contribution in [0.5, 0.6) is 11.5 Å². The summed E-state index contributed by atoms with van der Waals surface area (Å²) in [4.78, 5) is 15.4. The van der Waals surface area contributed by atoms with Gasteiger partial charge in [0.25, 0.3) is 0 Å². The van der Waals surface area contributed by atoms with Crippen LogP contribution in [0.15, 0.2) is 76.1 Å². The Morgan fingerprint density at radius 3 is 2.56 bits per heavy atom. The van der Waals surface area contributed by atoms with Crippen molar-refractivity contribution in [2.45, 2.75) is 13.0 Å². The zero-order valence-corrected chi connectivity index (χ0v) is 18.4. The maximum absolute atomic E-state index is 13.2. The lowest BCUT2D eigenvalue weighted by Crippen LogP contribution is -2.33. The van der Waals surface area contributed by atoms with Crippen molar-refractivity contribution >= 4 is 22.6 Å². The highest BCUT2D eigenvalue weighted by molar-refractivity contribution is 6.30. The molecule has 0 amide bonds. The standard InChI is InChI=1S/C26H22ClNO4/c1-30-20-8-2-17(3-9-20)12-13-28-14-22-24(32-16-28)11-10-21-25(29)23(15-31-26(21)22)18-4-6-19(27)7-5-18/h2-11,15H,12-14,16H2,1H3. The van der Waals surface area contributed by atoms with Crippen molar-refractivity contribution < 1.29 is 13.9 Å². The van der Waals surface area contributed by atoms with Gasteiger partial charge in [0.15, 0.2) is 0 Å². The van der Waals surface area contributed by atoms with Crippen LogP contribution in [-0.2, 0) is 13.0 Å². The Hall–Kier alpha value is -3.28. The maximum Gasteiger partial charge on any atom is 0.200 e. The molecule has 1 aliphatic heterocycles. The van der Waals surface area contributed by atoms with E-state index in [1.54, 1.807) is 25.3 Å². The fourth-order valence-corrected chi connectivity index (χ4v) is 4.13. The second kappa shape index (κ2) is 8.69. The lowest BCUT2D eigenvalue weighted by atomic mass is 10.0. The zero-order chi connectivity index (χ0) is 22.1. The Labute approximate surface area is 190 Å². The molecule has 162 valence electrons. The predicted molar refractivity (Wildman–Crippen MR) is 126 cm³/mol. The van der Waals surface area contributed by atoms with Gasteiger partial charge in [-0.1, -0.05) is 35.9 Å². The molecule has 0 spiro atoms. The monoisotopic (exact) mass is 447 g/mol. The molecule has 0 fully saturated rings. The Morgan fingerprint density at radius 1 is 1.03 bits per heavy atom. The Balaban J connectivity index is 1.40. The maximum atomic E-state index is 13.2. The van der Waals surface area contributed by atoms with Crippen molar-refractivity contribution in [2.75, 3.05) is 20.4 Å². The van der Waals surface area contributed by atoms with Crippen LogP contribution in [-0.4, -0.2) is 25.3 Å². The molecule has 0 saturated carbocycles. The van der Waals surface area contributed by atoms with E-state index < -0.39 is 0 Å². The van der Waals surface area contributed by atoms with Crippen LogP contribution in [0.3, 0.4) is 0 Å². The molecule has 0 unspecified atom stereocenters. The predicted octanol–water partition coefficient (Wildman–Crippen LogP) is 5.52. The fraction of sp³-hybridized carbons (Fsp3) is 0.192. The summed E-state index contributed by atoms with van der Waals surface area (Å²) >= 11 is 5.98. The average Bonchev–Trinajstić information content (AvgIpc) is 2.84. The van der Waals surface area contributed by atoms with Gasteiger partial charge in [0.2, 0.25) is 5.43 Å². The first-order chi connectivity index (χ1) is 15.6. The van der Waals surface area contributed by atoms with Gasteiger partial charge in [-0.25, -0.2) is 0 Å². The van der Waals surface area contributed by atoms with Crippen molar-refractivity contribution in [3.8, 4) is 22.6 Å². The summed E-state index contributed by atoms with van der Waals surface area (Å²) in [6.45, 7) is 1.99. The number of ether oxygens (including phenoxy) is 2. The van der Waals surface area contributed by atoms with Gasteiger partial charge in [-0.3, -0.25) is 9.69 Å². The van der Waals surface area contributed by atoms with E-state index in [9.17, 15) is 4.79 Å². The Morgan fingerprint density at radius 2 is 1.81 bits per heavy atom. The van der Waals surface area contributed by atoms with Crippen molar-refractivity contribution in [2.24, 2.45) is 0 Å². The van der Waals surface area contributed by atoms with Crippen LogP contribution in [0, 0.1) is 0 Å². The Kier molecular flexibility index (Phi) is 5.60. The van der Waals surface area contributed by atoms with E-state index in [0.717, 1.165) is 35.6 Å². The number of hydrogen-bond donors (Lipinski definition) is 0. The summed E-state index contributed by atoms with van der Waals surface area (Å²) in [5.41, 5.74) is 3.95. The Bertz CT molecular complexity index is 1310. The van der Waals surface area contributed by atoms with E-state index in [-0.39, 0.29) is 5.43 Å². The minimum Gasteiger partial charge on any atom is -0.497 e. The molecule has 32 heavy (non-hydrogen) atoms. The first kappa shape index (κ1) is 20.6. The molecule has 4 aromatic rings. The number of hydrogen-bond acceptors (Lipinski definition) is 5. The first-order valence-electron chi connectivity index (χ1n) is 10.4. The third kappa shape index (κ3) is 3.97. The summed E-state index contributed by atoms with van der Waals surface area (Å²) in [7, 11) is 1.67. The molecule has 0 aliphatic carbocycles. The molecule has 0 bridgehead atoms. The van der Waals surface area contributed by atoms with Gasteiger partial charge in [0, 0.05) is 18.1 Å². The smallest absolute Gasteiger partial charge is 0.200 e. The molecule has 0 radical (unpaired) electrons. The largest absolute Gasteiger partial charge is 0.497 e. The highest BCUT2D eigenvalue weighted by Gasteiger charge is 2.22. The number of benzene rings is 3. The third-order valence-corrected chi connectivity index (χ3v) is 6.07. The topological polar surface area (TPSA) is 51.9 Å². The van der Waals surface area contributed by atoms with Crippen molar-refractivity contribution in [1.29, 1.82) is 0 Å². The fourth-order valence-electron chi connectivity index (χ4n) is 4.01. The van der Waals surface area contributed by atoms with Crippen LogP contribution in [0.1, 0.15) is 11.1 Å². The molecule has 1 aliphatic rings. The molecule has 5 nitrogen and oxygen atoms in total. The summed E-state index contributed by atoms with van der Waals surface area (Å²) < 4.78 is 17.2. The SMILES string of the molecule is COc1ccc(CCN2COc3ccc4c(=O)c(-c5ccc(Cl)cc5)coc4c3C2)cc1. The third-order valence-electron chi connectivity index (χ3n) is 5.82. The highest BCUT2D eigenvalue weighted by atomic mass is 35.5. The summed E-state index contributed by atoms with van der Waals surface area (Å²) in [6, 6.07) is 18.9. The normalized spacial score (nSPS) is 13.6. The molecule has 0 N–H and O–H groups in total. The molecule has 0 atom stereocenters. The van der Waals surface area contributed by atoms with Gasteiger partial charge in [-0.05, 0) is 53.9 Å². The lowest BCUT2D eigenvalue weighted by Gasteiger charge is -2.29. The average molecular weight is 448 g/mol. The quantitative estimate of drug-likeness (QED) is 0.403. The minimum absolute atomic E-state index is 0.0632. The van der Waals surface area contributed by atoms with Crippen LogP contribution in [0.2, 0.25) is 5.02 Å². The summed E-state index contributed by atoms with van der Waals surface area (Å²) in [5.74, 6) is 1.61. The number of methoxy groups -OCH3 is 1. The van der Waals surface area contributed by atoms with Crippen molar-refractivity contribution in [3.05, 3.63) is 93.3 Å². The molecule has 3 aromatic carbocycles. The van der Waals surface area contributed by atoms with Gasteiger partial charge in [0.05, 0.1) is 23.6 Å². The van der Waals surface area contributed by atoms with Crippen LogP contribution in [0.4, 0.5) is 0 Å². The molecular weight excluding hydrogens is 426 g/mol. The summed E-state index contributed by atoms with van der Waals surface area (Å²) in [6.07, 6.45) is 2.42. The molecular formula is C26H22ClNO4. The van der Waals surface area contributed by atoms with Gasteiger partial charge < -0.3 is 13.9 Å². The van der Waals surface area contributed by atoms with Crippen LogP contribution >= 0.6 is 11.6 Å². The second-order valence-corrected chi connectivity index (χ2v) is 8.26. The van der Waals surface area contributed by atoms with E-state index in [1.807, 2.05) is 30.3 Å². The van der Waals surface area contributed by atoms with E-state index in [0.29, 0.717) is 34.8 Å². The number of nitrogens with zero attached hydrogens (tertiary/aromatic N) is 1. The number of fused-ring (bicyclic) bond motifs is 3. The first-order valence-corrected chi connectivity index (χ1v) is 10.8. The highest BCUT2D eigenvalue weighted by Crippen LogP contribution is 2.32. The van der Waals surface area contributed by atoms with Crippen LogP contribution < -0.4 is 14.9 Å². The van der Waals surface area contributed by atoms with E-state index in [4.69, 9.17) is 25.5 Å². The molecule has 0 saturated heterocycles. The van der Waals surface area contributed by atoms with E-state index in [2.05, 4.69) is 17.0 Å².